The van der Waals surface area contributed by atoms with E-state index >= 15 is 0 Å². The Hall–Kier alpha value is -3.71. The summed E-state index contributed by atoms with van der Waals surface area (Å²) in [6, 6.07) is 15.7. The van der Waals surface area contributed by atoms with Crippen molar-refractivity contribution >= 4 is 28.1 Å². The van der Waals surface area contributed by atoms with Crippen molar-refractivity contribution in [3.63, 3.8) is 0 Å². The van der Waals surface area contributed by atoms with Gasteiger partial charge in [-0.2, -0.15) is 0 Å². The molecule has 0 amide bonds. The van der Waals surface area contributed by atoms with Gasteiger partial charge in [-0.15, -0.1) is 0 Å². The van der Waals surface area contributed by atoms with Crippen LogP contribution in [0, 0.1) is 0 Å². The van der Waals surface area contributed by atoms with Crippen LogP contribution in [0.1, 0.15) is 0 Å². The van der Waals surface area contributed by atoms with E-state index in [1.807, 2.05) is 42.6 Å². The third kappa shape index (κ3) is 3.87. The number of H-pyrrole nitrogens is 1. The smallest absolute Gasteiger partial charge is 0.259 e. The molecule has 7 heteroatoms. The van der Waals surface area contributed by atoms with Gasteiger partial charge in [-0.25, -0.2) is 9.97 Å². The maximum absolute atomic E-state index is 12.7. The van der Waals surface area contributed by atoms with Crippen LogP contribution in [0.15, 0.2) is 71.9 Å². The highest BCUT2D eigenvalue weighted by molar-refractivity contribution is 6.01. The molecule has 0 unspecified atom stereocenters. The van der Waals surface area contributed by atoms with E-state index in [0.29, 0.717) is 11.2 Å². The van der Waals surface area contributed by atoms with Gasteiger partial charge in [0.15, 0.2) is 0 Å². The molecule has 31 heavy (non-hydrogen) atoms. The largest absolute Gasteiger partial charge is 0.354 e. The van der Waals surface area contributed by atoms with Gasteiger partial charge in [-0.1, -0.05) is 18.2 Å². The zero-order valence-electron chi connectivity index (χ0n) is 17.4. The number of nitrogens with one attached hydrogen (secondary N) is 2. The molecule has 156 valence electrons. The number of rotatable bonds is 4. The van der Waals surface area contributed by atoms with Crippen LogP contribution in [0.3, 0.4) is 0 Å². The van der Waals surface area contributed by atoms with E-state index in [1.54, 1.807) is 12.4 Å². The molecule has 4 aromatic rings. The average molecular weight is 412 g/mol. The lowest BCUT2D eigenvalue weighted by molar-refractivity contribution is 0.312. The van der Waals surface area contributed by atoms with Crippen LogP contribution >= 0.6 is 0 Å². The van der Waals surface area contributed by atoms with Crippen molar-refractivity contribution in [1.29, 1.82) is 0 Å². The fourth-order valence-electron chi connectivity index (χ4n) is 3.95. The highest BCUT2D eigenvalue weighted by atomic mass is 16.1. The Kier molecular flexibility index (Phi) is 5.09. The lowest BCUT2D eigenvalue weighted by Crippen LogP contribution is -2.44. The SMILES string of the molecule is CN1CCN(c2ccc(-c3cnc(Nc4ccccc4)c4c(=O)[nH]ccc34)cn2)CC1. The first-order valence-electron chi connectivity index (χ1n) is 10.4. The van der Waals surface area contributed by atoms with Crippen molar-refractivity contribution in [2.75, 3.05) is 43.4 Å². The summed E-state index contributed by atoms with van der Waals surface area (Å²) in [5.74, 6) is 1.52. The average Bonchev–Trinajstić information content (AvgIpc) is 2.81. The van der Waals surface area contributed by atoms with Gasteiger partial charge in [-0.05, 0) is 37.4 Å². The van der Waals surface area contributed by atoms with Crippen LogP contribution in [0.4, 0.5) is 17.3 Å². The number of hydrogen-bond acceptors (Lipinski definition) is 6. The van der Waals surface area contributed by atoms with E-state index in [1.165, 1.54) is 0 Å². The number of para-hydroxylation sites is 1. The molecular formula is C24H24N6O. The minimum atomic E-state index is -0.174. The van der Waals surface area contributed by atoms with E-state index in [-0.39, 0.29) is 5.56 Å². The van der Waals surface area contributed by atoms with E-state index in [0.717, 1.165) is 54.2 Å². The lowest BCUT2D eigenvalue weighted by Gasteiger charge is -2.33. The summed E-state index contributed by atoms with van der Waals surface area (Å²) < 4.78 is 0. The van der Waals surface area contributed by atoms with Gasteiger partial charge in [0.25, 0.3) is 5.56 Å². The number of hydrogen-bond donors (Lipinski definition) is 2. The summed E-state index contributed by atoms with van der Waals surface area (Å²) in [5.41, 5.74) is 2.53. The first-order chi connectivity index (χ1) is 15.2. The molecule has 0 spiro atoms. The number of aromatic nitrogens is 3. The molecule has 0 atom stereocenters. The third-order valence-electron chi connectivity index (χ3n) is 5.73. The summed E-state index contributed by atoms with van der Waals surface area (Å²) in [7, 11) is 2.14. The van der Waals surface area contributed by atoms with E-state index in [9.17, 15) is 4.79 Å². The normalized spacial score (nSPS) is 14.7. The Balaban J connectivity index is 1.51. The van der Waals surface area contributed by atoms with E-state index < -0.39 is 0 Å². The molecule has 4 heterocycles. The maximum atomic E-state index is 12.7. The molecular weight excluding hydrogens is 388 g/mol. The summed E-state index contributed by atoms with van der Waals surface area (Å²) in [6.07, 6.45) is 5.35. The minimum Gasteiger partial charge on any atom is -0.354 e. The number of fused-ring (bicyclic) bond motifs is 1. The van der Waals surface area contributed by atoms with Gasteiger partial charge >= 0.3 is 0 Å². The Bertz CT molecular complexity index is 1240. The third-order valence-corrected chi connectivity index (χ3v) is 5.73. The Labute approximate surface area is 180 Å². The van der Waals surface area contributed by atoms with Gasteiger partial charge in [0.2, 0.25) is 0 Å². The zero-order valence-corrected chi connectivity index (χ0v) is 17.4. The molecule has 1 aliphatic rings. The van der Waals surface area contributed by atoms with Gasteiger partial charge in [0.1, 0.15) is 11.6 Å². The number of aromatic amines is 1. The first-order valence-corrected chi connectivity index (χ1v) is 10.4. The standard InChI is InChI=1S/C24H24N6O/c1-29-11-13-30(14-12-29)21-8-7-17(15-26-21)20-16-27-23(28-18-5-3-2-4-6-18)22-19(20)9-10-25-24(22)31/h2-10,15-16H,11-14H2,1H3,(H,25,31)(H,27,28). The van der Waals surface area contributed by atoms with Crippen molar-refractivity contribution in [2.45, 2.75) is 0 Å². The molecule has 0 bridgehead atoms. The fourth-order valence-corrected chi connectivity index (χ4v) is 3.95. The number of piperazine rings is 1. The molecule has 1 saturated heterocycles. The van der Waals surface area contributed by atoms with Crippen molar-refractivity contribution in [3.8, 4) is 11.1 Å². The molecule has 0 aliphatic carbocycles. The Morgan fingerprint density at radius 1 is 0.935 bits per heavy atom. The first kappa shape index (κ1) is 19.3. The molecule has 1 fully saturated rings. The van der Waals surface area contributed by atoms with Crippen LogP contribution in [-0.4, -0.2) is 53.1 Å². The lowest BCUT2D eigenvalue weighted by atomic mass is 10.0. The van der Waals surface area contributed by atoms with Crippen LogP contribution in [0.25, 0.3) is 21.9 Å². The van der Waals surface area contributed by atoms with Gasteiger partial charge < -0.3 is 20.1 Å². The van der Waals surface area contributed by atoms with Crippen LogP contribution in [0.5, 0.6) is 0 Å². The summed E-state index contributed by atoms with van der Waals surface area (Å²) in [4.78, 5) is 29.4. The molecule has 1 aliphatic heterocycles. The molecule has 5 rings (SSSR count). The predicted molar refractivity (Wildman–Crippen MR) is 125 cm³/mol. The van der Waals surface area contributed by atoms with Gasteiger partial charge in [0.05, 0.1) is 5.39 Å². The highest BCUT2D eigenvalue weighted by Crippen LogP contribution is 2.31. The van der Waals surface area contributed by atoms with E-state index in [4.69, 9.17) is 4.98 Å². The molecule has 0 radical (unpaired) electrons. The number of anilines is 3. The topological polar surface area (TPSA) is 77.1 Å². The van der Waals surface area contributed by atoms with Crippen molar-refractivity contribution in [3.05, 3.63) is 77.5 Å². The number of nitrogens with zero attached hydrogens (tertiary/aromatic N) is 4. The number of pyridine rings is 3. The summed E-state index contributed by atoms with van der Waals surface area (Å²) >= 11 is 0. The maximum Gasteiger partial charge on any atom is 0.259 e. The minimum absolute atomic E-state index is 0.174. The molecule has 1 aromatic carbocycles. The van der Waals surface area contributed by atoms with E-state index in [2.05, 4.69) is 44.3 Å². The van der Waals surface area contributed by atoms with Crippen molar-refractivity contribution in [1.82, 2.24) is 19.9 Å². The molecule has 2 N–H and O–H groups in total. The Morgan fingerprint density at radius 3 is 2.48 bits per heavy atom. The van der Waals surface area contributed by atoms with Crippen LogP contribution in [-0.2, 0) is 0 Å². The zero-order chi connectivity index (χ0) is 21.2. The summed E-state index contributed by atoms with van der Waals surface area (Å²) in [6.45, 7) is 4.03. The van der Waals surface area contributed by atoms with Gasteiger partial charge in [0, 0.05) is 67.0 Å². The number of benzene rings is 1. The van der Waals surface area contributed by atoms with Crippen molar-refractivity contribution in [2.24, 2.45) is 0 Å². The second-order valence-electron chi connectivity index (χ2n) is 7.80. The quantitative estimate of drug-likeness (QED) is 0.534. The monoisotopic (exact) mass is 412 g/mol. The molecule has 7 nitrogen and oxygen atoms in total. The second-order valence-corrected chi connectivity index (χ2v) is 7.80. The number of likely N-dealkylation sites (N-methyl/N-ethyl adjacent to an activating group) is 1. The highest BCUT2D eigenvalue weighted by Gasteiger charge is 2.16. The molecule has 0 saturated carbocycles. The molecule has 3 aromatic heterocycles. The Morgan fingerprint density at radius 2 is 1.74 bits per heavy atom. The summed E-state index contributed by atoms with van der Waals surface area (Å²) in [5, 5.41) is 4.64. The van der Waals surface area contributed by atoms with Gasteiger partial charge in [-0.3, -0.25) is 4.79 Å². The predicted octanol–water partition coefficient (Wildman–Crippen LogP) is 3.48. The van der Waals surface area contributed by atoms with Crippen LogP contribution in [0.2, 0.25) is 0 Å². The van der Waals surface area contributed by atoms with Crippen molar-refractivity contribution < 1.29 is 0 Å². The fraction of sp³-hybridized carbons (Fsp3) is 0.208. The second kappa shape index (κ2) is 8.20. The van der Waals surface area contributed by atoms with Crippen LogP contribution < -0.4 is 15.8 Å².